The third kappa shape index (κ3) is 2.47. The molecule has 1 aromatic rings. The van der Waals surface area contributed by atoms with Crippen molar-refractivity contribution in [2.75, 3.05) is 5.32 Å². The van der Waals surface area contributed by atoms with Gasteiger partial charge in [0.05, 0.1) is 0 Å². The van der Waals surface area contributed by atoms with Crippen LogP contribution in [0.2, 0.25) is 0 Å². The average Bonchev–Trinajstić information content (AvgIpc) is 3.14. The lowest BCUT2D eigenvalue weighted by Crippen LogP contribution is -2.34. The van der Waals surface area contributed by atoms with Gasteiger partial charge in [-0.1, -0.05) is 12.2 Å². The van der Waals surface area contributed by atoms with Gasteiger partial charge in [0, 0.05) is 30.5 Å². The Morgan fingerprint density at radius 1 is 1.14 bits per heavy atom. The molecule has 116 valence electrons. The highest BCUT2D eigenvalue weighted by Gasteiger charge is 2.44. The molecule has 1 fully saturated rings. The molecule has 0 unspecified atom stereocenters. The van der Waals surface area contributed by atoms with Gasteiger partial charge in [-0.2, -0.15) is 0 Å². The van der Waals surface area contributed by atoms with Crippen molar-refractivity contribution in [1.29, 1.82) is 0 Å². The summed E-state index contributed by atoms with van der Waals surface area (Å²) in [6.45, 7) is 0. The number of ether oxygens (including phenoxy) is 2. The Bertz CT molecular complexity index is 617. The van der Waals surface area contributed by atoms with E-state index in [1.165, 1.54) is 0 Å². The fourth-order valence-electron chi connectivity index (χ4n) is 3.57. The third-order valence-electron chi connectivity index (χ3n) is 4.81. The molecule has 0 radical (unpaired) electrons. The Balaban J connectivity index is 1.46. The minimum atomic E-state index is -0.445. The Labute approximate surface area is 130 Å². The summed E-state index contributed by atoms with van der Waals surface area (Å²) in [4.78, 5) is 12.3. The van der Waals surface area contributed by atoms with Crippen molar-refractivity contribution in [3.05, 3.63) is 30.4 Å². The smallest absolute Gasteiger partial charge is 0.251 e. The highest BCUT2D eigenvalue weighted by atomic mass is 16.7. The number of anilines is 1. The van der Waals surface area contributed by atoms with Crippen LogP contribution in [0.3, 0.4) is 0 Å². The minimum Gasteiger partial charge on any atom is -0.448 e. The lowest BCUT2D eigenvalue weighted by atomic mass is 9.93. The second kappa shape index (κ2) is 5.34. The lowest BCUT2D eigenvalue weighted by molar-refractivity contribution is -0.120. The van der Waals surface area contributed by atoms with E-state index in [0.29, 0.717) is 0 Å². The molecular formula is C18H21NO3. The Kier molecular flexibility index (Phi) is 3.32. The van der Waals surface area contributed by atoms with Crippen molar-refractivity contribution < 1.29 is 14.3 Å². The number of allylic oxidation sites excluding steroid dienone is 2. The number of nitrogens with one attached hydrogen (secondary N) is 1. The first-order valence-corrected chi connectivity index (χ1v) is 8.22. The van der Waals surface area contributed by atoms with Crippen molar-refractivity contribution in [3.8, 4) is 11.5 Å². The van der Waals surface area contributed by atoms with Crippen molar-refractivity contribution >= 4 is 11.6 Å². The predicted octanol–water partition coefficient (Wildman–Crippen LogP) is 4.02. The van der Waals surface area contributed by atoms with E-state index in [9.17, 15) is 4.79 Å². The van der Waals surface area contributed by atoms with Gasteiger partial charge in [0.25, 0.3) is 5.79 Å². The number of carbonyl (C=O) groups is 1. The number of amides is 1. The summed E-state index contributed by atoms with van der Waals surface area (Å²) in [7, 11) is 0. The standard InChI is InChI=1S/C18H21NO3/c20-17(13-6-2-1-3-7-13)19-14-8-9-15-16(12-14)22-18(21-15)10-4-5-11-18/h1-2,8-9,12-13H,3-7,10-11H2,(H,19,20)/t13-/m1/s1. The second-order valence-corrected chi connectivity index (χ2v) is 6.45. The average molecular weight is 299 g/mol. The SMILES string of the molecule is O=C(Nc1ccc2c(c1)OC1(CCCC1)O2)[C@@H]1CC=CCC1. The zero-order valence-electron chi connectivity index (χ0n) is 12.6. The Hall–Kier alpha value is -1.97. The van der Waals surface area contributed by atoms with Crippen molar-refractivity contribution in [2.24, 2.45) is 5.92 Å². The van der Waals surface area contributed by atoms with E-state index in [2.05, 4.69) is 17.5 Å². The minimum absolute atomic E-state index is 0.0802. The molecule has 3 aliphatic rings. The van der Waals surface area contributed by atoms with Crippen LogP contribution < -0.4 is 14.8 Å². The van der Waals surface area contributed by atoms with Gasteiger partial charge in [-0.25, -0.2) is 0 Å². The monoisotopic (exact) mass is 299 g/mol. The fourth-order valence-corrected chi connectivity index (χ4v) is 3.57. The van der Waals surface area contributed by atoms with Crippen molar-refractivity contribution in [3.63, 3.8) is 0 Å². The molecule has 1 spiro atoms. The molecule has 4 heteroatoms. The lowest BCUT2D eigenvalue weighted by Gasteiger charge is -2.21. The summed E-state index contributed by atoms with van der Waals surface area (Å²) in [5.74, 6) is 1.28. The van der Waals surface area contributed by atoms with Crippen LogP contribution in [0.15, 0.2) is 30.4 Å². The van der Waals surface area contributed by atoms with Crippen LogP contribution in [0.25, 0.3) is 0 Å². The second-order valence-electron chi connectivity index (χ2n) is 6.45. The van der Waals surface area contributed by atoms with Crippen LogP contribution in [-0.2, 0) is 4.79 Å². The quantitative estimate of drug-likeness (QED) is 0.839. The molecule has 1 amide bonds. The molecule has 1 atom stereocenters. The van der Waals surface area contributed by atoms with Gasteiger partial charge in [0.15, 0.2) is 11.5 Å². The third-order valence-corrected chi connectivity index (χ3v) is 4.81. The number of hydrogen-bond acceptors (Lipinski definition) is 3. The first-order valence-electron chi connectivity index (χ1n) is 8.22. The molecule has 2 aliphatic carbocycles. The molecule has 1 heterocycles. The van der Waals surface area contributed by atoms with Crippen LogP contribution in [-0.4, -0.2) is 11.7 Å². The summed E-state index contributed by atoms with van der Waals surface area (Å²) < 4.78 is 12.0. The fraction of sp³-hybridized carbons (Fsp3) is 0.500. The van der Waals surface area contributed by atoms with E-state index >= 15 is 0 Å². The van der Waals surface area contributed by atoms with E-state index in [4.69, 9.17) is 9.47 Å². The van der Waals surface area contributed by atoms with Crippen LogP contribution in [0.5, 0.6) is 11.5 Å². The summed E-state index contributed by atoms with van der Waals surface area (Å²) in [6, 6.07) is 5.69. The van der Waals surface area contributed by atoms with Gasteiger partial charge >= 0.3 is 0 Å². The van der Waals surface area contributed by atoms with E-state index in [0.717, 1.165) is 62.1 Å². The molecule has 22 heavy (non-hydrogen) atoms. The number of rotatable bonds is 2. The van der Waals surface area contributed by atoms with E-state index in [1.807, 2.05) is 18.2 Å². The number of carbonyl (C=O) groups excluding carboxylic acids is 1. The summed E-state index contributed by atoms with van der Waals surface area (Å²) in [5.41, 5.74) is 0.789. The Morgan fingerprint density at radius 2 is 1.95 bits per heavy atom. The molecule has 1 saturated carbocycles. The van der Waals surface area contributed by atoms with E-state index in [1.54, 1.807) is 0 Å². The first-order chi connectivity index (χ1) is 10.7. The normalized spacial score (nSPS) is 24.6. The zero-order chi connectivity index (χ0) is 15.0. The molecule has 1 aromatic carbocycles. The molecule has 0 saturated heterocycles. The molecule has 0 aromatic heterocycles. The number of hydrogen-bond donors (Lipinski definition) is 1. The summed E-state index contributed by atoms with van der Waals surface area (Å²) in [5, 5.41) is 3.01. The maximum atomic E-state index is 12.3. The van der Waals surface area contributed by atoms with E-state index in [-0.39, 0.29) is 11.8 Å². The highest BCUT2D eigenvalue weighted by molar-refractivity contribution is 5.93. The van der Waals surface area contributed by atoms with Crippen molar-refractivity contribution in [1.82, 2.24) is 0 Å². The van der Waals surface area contributed by atoms with Gasteiger partial charge in [0.1, 0.15) is 0 Å². The molecule has 1 N–H and O–H groups in total. The van der Waals surface area contributed by atoms with Gasteiger partial charge in [-0.15, -0.1) is 0 Å². The molecule has 0 bridgehead atoms. The number of benzene rings is 1. The largest absolute Gasteiger partial charge is 0.448 e. The van der Waals surface area contributed by atoms with Crippen molar-refractivity contribution in [2.45, 2.75) is 50.7 Å². The zero-order valence-corrected chi connectivity index (χ0v) is 12.6. The van der Waals surface area contributed by atoms with Crippen LogP contribution >= 0.6 is 0 Å². The Morgan fingerprint density at radius 3 is 2.73 bits per heavy atom. The predicted molar refractivity (Wildman–Crippen MR) is 84.0 cm³/mol. The number of fused-ring (bicyclic) bond motifs is 1. The summed E-state index contributed by atoms with van der Waals surface area (Å²) in [6.07, 6.45) is 11.2. The van der Waals surface area contributed by atoms with E-state index < -0.39 is 5.79 Å². The van der Waals surface area contributed by atoms with Crippen LogP contribution in [0.1, 0.15) is 44.9 Å². The van der Waals surface area contributed by atoms with Gasteiger partial charge in [0.2, 0.25) is 5.91 Å². The maximum Gasteiger partial charge on any atom is 0.251 e. The van der Waals surface area contributed by atoms with Gasteiger partial charge < -0.3 is 14.8 Å². The maximum absolute atomic E-state index is 12.3. The molecule has 4 rings (SSSR count). The highest BCUT2D eigenvalue weighted by Crippen LogP contribution is 2.47. The topological polar surface area (TPSA) is 47.6 Å². The van der Waals surface area contributed by atoms with Crippen LogP contribution in [0.4, 0.5) is 5.69 Å². The van der Waals surface area contributed by atoms with Gasteiger partial charge in [-0.05, 0) is 44.2 Å². The van der Waals surface area contributed by atoms with Crippen LogP contribution in [0, 0.1) is 5.92 Å². The molecular weight excluding hydrogens is 278 g/mol. The molecule has 4 nitrogen and oxygen atoms in total. The summed E-state index contributed by atoms with van der Waals surface area (Å²) >= 11 is 0. The van der Waals surface area contributed by atoms with Gasteiger partial charge in [-0.3, -0.25) is 4.79 Å². The molecule has 1 aliphatic heterocycles. The first kappa shape index (κ1) is 13.7.